The van der Waals surface area contributed by atoms with E-state index in [4.69, 9.17) is 14.6 Å². The van der Waals surface area contributed by atoms with Crippen LogP contribution in [0.15, 0.2) is 0 Å². The van der Waals surface area contributed by atoms with Crippen LogP contribution in [-0.4, -0.2) is 36.5 Å². The summed E-state index contributed by atoms with van der Waals surface area (Å²) >= 11 is 0. The van der Waals surface area contributed by atoms with Gasteiger partial charge in [-0.3, -0.25) is 0 Å². The Morgan fingerprint density at radius 3 is 2.45 bits per heavy atom. The third-order valence-corrected chi connectivity index (χ3v) is 4.65. The SMILES string of the molecule is O=C(O)C1(CCCCOCCC2CCCCCC2)CO1. The molecule has 0 aromatic rings. The van der Waals surface area contributed by atoms with Crippen LogP contribution in [0, 0.1) is 5.92 Å². The number of unbranched alkanes of at least 4 members (excludes halogenated alkanes) is 1. The number of carboxylic acid groups (broad SMARTS) is 1. The van der Waals surface area contributed by atoms with Gasteiger partial charge in [-0.15, -0.1) is 0 Å². The summed E-state index contributed by atoms with van der Waals surface area (Å²) in [7, 11) is 0. The molecule has 1 atom stereocenters. The van der Waals surface area contributed by atoms with Gasteiger partial charge in [-0.1, -0.05) is 38.5 Å². The molecule has 1 unspecified atom stereocenters. The maximum atomic E-state index is 10.9. The second-order valence-electron chi connectivity index (χ2n) is 6.30. The minimum Gasteiger partial charge on any atom is -0.479 e. The fourth-order valence-electron chi connectivity index (χ4n) is 3.08. The van der Waals surface area contributed by atoms with E-state index in [1.54, 1.807) is 0 Å². The lowest BCUT2D eigenvalue weighted by Crippen LogP contribution is -2.23. The van der Waals surface area contributed by atoms with Crippen molar-refractivity contribution >= 4 is 5.97 Å². The second kappa shape index (κ2) is 7.99. The average molecular weight is 284 g/mol. The van der Waals surface area contributed by atoms with Crippen LogP contribution in [-0.2, 0) is 14.3 Å². The van der Waals surface area contributed by atoms with E-state index >= 15 is 0 Å². The first-order chi connectivity index (χ1) is 9.73. The summed E-state index contributed by atoms with van der Waals surface area (Å²) in [4.78, 5) is 10.9. The standard InChI is InChI=1S/C16H28O4/c17-15(18)16(13-20-16)10-5-6-11-19-12-9-14-7-3-1-2-4-8-14/h14H,1-13H2,(H,17,18). The highest BCUT2D eigenvalue weighted by atomic mass is 16.6. The van der Waals surface area contributed by atoms with Crippen molar-refractivity contribution in [3.63, 3.8) is 0 Å². The molecule has 0 aromatic heterocycles. The van der Waals surface area contributed by atoms with Gasteiger partial charge in [-0.05, 0) is 31.6 Å². The van der Waals surface area contributed by atoms with E-state index in [2.05, 4.69) is 0 Å². The van der Waals surface area contributed by atoms with Gasteiger partial charge in [0.25, 0.3) is 0 Å². The van der Waals surface area contributed by atoms with Crippen molar-refractivity contribution in [2.45, 2.75) is 69.8 Å². The quantitative estimate of drug-likeness (QED) is 0.400. The summed E-state index contributed by atoms with van der Waals surface area (Å²) < 4.78 is 10.7. The molecular weight excluding hydrogens is 256 g/mol. The van der Waals surface area contributed by atoms with Crippen LogP contribution in [0.25, 0.3) is 0 Å². The molecule has 0 spiro atoms. The Kier molecular flexibility index (Phi) is 6.30. The van der Waals surface area contributed by atoms with Crippen molar-refractivity contribution in [2.75, 3.05) is 19.8 Å². The predicted octanol–water partition coefficient (Wildman–Crippen LogP) is 3.39. The van der Waals surface area contributed by atoms with Crippen molar-refractivity contribution in [3.8, 4) is 0 Å². The van der Waals surface area contributed by atoms with Gasteiger partial charge in [0.15, 0.2) is 5.60 Å². The third kappa shape index (κ3) is 5.06. The monoisotopic (exact) mass is 284 g/mol. The zero-order valence-electron chi connectivity index (χ0n) is 12.4. The number of carboxylic acids is 1. The van der Waals surface area contributed by atoms with Crippen LogP contribution in [0.5, 0.6) is 0 Å². The minimum atomic E-state index is -0.847. The van der Waals surface area contributed by atoms with Gasteiger partial charge < -0.3 is 14.6 Å². The fraction of sp³-hybridized carbons (Fsp3) is 0.938. The highest BCUT2D eigenvalue weighted by Crippen LogP contribution is 2.32. The lowest BCUT2D eigenvalue weighted by Gasteiger charge is -2.13. The molecule has 0 amide bonds. The molecule has 2 aliphatic rings. The first kappa shape index (κ1) is 15.8. The van der Waals surface area contributed by atoms with Gasteiger partial charge in [-0.25, -0.2) is 4.79 Å². The Morgan fingerprint density at radius 2 is 1.85 bits per heavy atom. The van der Waals surface area contributed by atoms with E-state index in [0.29, 0.717) is 13.0 Å². The molecule has 0 aromatic carbocycles. The van der Waals surface area contributed by atoms with Crippen molar-refractivity contribution in [3.05, 3.63) is 0 Å². The van der Waals surface area contributed by atoms with E-state index < -0.39 is 11.6 Å². The summed E-state index contributed by atoms with van der Waals surface area (Å²) in [5.74, 6) is 0.0550. The molecule has 116 valence electrons. The molecule has 1 saturated heterocycles. The van der Waals surface area contributed by atoms with Gasteiger partial charge >= 0.3 is 5.97 Å². The Hall–Kier alpha value is -0.610. The Labute approximate surface area is 121 Å². The predicted molar refractivity (Wildman–Crippen MR) is 76.8 cm³/mol. The zero-order valence-corrected chi connectivity index (χ0v) is 12.4. The van der Waals surface area contributed by atoms with Crippen LogP contribution in [0.4, 0.5) is 0 Å². The highest BCUT2D eigenvalue weighted by Gasteiger charge is 2.51. The zero-order chi connectivity index (χ0) is 14.3. The number of epoxide rings is 1. The number of hydrogen-bond acceptors (Lipinski definition) is 3. The number of rotatable bonds is 9. The molecule has 0 radical (unpaired) electrons. The van der Waals surface area contributed by atoms with E-state index in [1.165, 1.54) is 44.9 Å². The van der Waals surface area contributed by atoms with E-state index in [9.17, 15) is 4.79 Å². The smallest absolute Gasteiger partial charge is 0.338 e. The molecule has 0 bridgehead atoms. The summed E-state index contributed by atoms with van der Waals surface area (Å²) in [6.45, 7) is 2.00. The first-order valence-corrected chi connectivity index (χ1v) is 8.18. The second-order valence-corrected chi connectivity index (χ2v) is 6.30. The number of ether oxygens (including phenoxy) is 2. The maximum absolute atomic E-state index is 10.9. The minimum absolute atomic E-state index is 0.380. The summed E-state index contributed by atoms with van der Waals surface area (Å²) in [5, 5.41) is 8.96. The van der Waals surface area contributed by atoms with E-state index in [1.807, 2.05) is 0 Å². The van der Waals surface area contributed by atoms with Gasteiger partial charge in [0, 0.05) is 13.2 Å². The Balaban J connectivity index is 1.43. The molecule has 1 aliphatic carbocycles. The summed E-state index contributed by atoms with van der Waals surface area (Å²) in [5.41, 5.74) is -0.847. The summed E-state index contributed by atoms with van der Waals surface area (Å²) in [6.07, 6.45) is 12.0. The number of aliphatic carboxylic acids is 1. The van der Waals surface area contributed by atoms with Gasteiger partial charge in [0.1, 0.15) is 0 Å². The normalized spacial score (nSPS) is 27.2. The van der Waals surface area contributed by atoms with Crippen LogP contribution < -0.4 is 0 Å². The van der Waals surface area contributed by atoms with E-state index in [-0.39, 0.29) is 0 Å². The molecule has 1 aliphatic heterocycles. The lowest BCUT2D eigenvalue weighted by molar-refractivity contribution is -0.143. The van der Waals surface area contributed by atoms with Gasteiger partial charge in [0.05, 0.1) is 6.61 Å². The molecule has 4 nitrogen and oxygen atoms in total. The molecule has 2 rings (SSSR count). The number of carbonyl (C=O) groups is 1. The largest absolute Gasteiger partial charge is 0.479 e. The lowest BCUT2D eigenvalue weighted by atomic mass is 9.97. The van der Waals surface area contributed by atoms with Crippen LogP contribution in [0.2, 0.25) is 0 Å². The summed E-state index contributed by atoms with van der Waals surface area (Å²) in [6, 6.07) is 0. The average Bonchev–Trinajstić information content (AvgIpc) is 3.22. The van der Waals surface area contributed by atoms with Gasteiger partial charge in [0.2, 0.25) is 0 Å². The molecule has 4 heteroatoms. The third-order valence-electron chi connectivity index (χ3n) is 4.65. The van der Waals surface area contributed by atoms with Crippen LogP contribution >= 0.6 is 0 Å². The molecule has 2 fully saturated rings. The molecule has 20 heavy (non-hydrogen) atoms. The Morgan fingerprint density at radius 1 is 1.15 bits per heavy atom. The van der Waals surface area contributed by atoms with Crippen molar-refractivity contribution in [1.29, 1.82) is 0 Å². The number of hydrogen-bond donors (Lipinski definition) is 1. The van der Waals surface area contributed by atoms with Crippen LogP contribution in [0.1, 0.15) is 64.2 Å². The van der Waals surface area contributed by atoms with Gasteiger partial charge in [-0.2, -0.15) is 0 Å². The molecule has 1 saturated carbocycles. The van der Waals surface area contributed by atoms with E-state index in [0.717, 1.165) is 32.0 Å². The fourth-order valence-corrected chi connectivity index (χ4v) is 3.08. The van der Waals surface area contributed by atoms with Crippen molar-refractivity contribution in [1.82, 2.24) is 0 Å². The first-order valence-electron chi connectivity index (χ1n) is 8.18. The highest BCUT2D eigenvalue weighted by molar-refractivity contribution is 5.80. The Bertz CT molecular complexity index is 291. The topological polar surface area (TPSA) is 59.1 Å². The maximum Gasteiger partial charge on any atom is 0.338 e. The van der Waals surface area contributed by atoms with Crippen molar-refractivity contribution in [2.24, 2.45) is 5.92 Å². The molecule has 1 heterocycles. The van der Waals surface area contributed by atoms with Crippen molar-refractivity contribution < 1.29 is 19.4 Å². The molecule has 1 N–H and O–H groups in total. The molecular formula is C16H28O4. The van der Waals surface area contributed by atoms with Crippen LogP contribution in [0.3, 0.4) is 0 Å².